The molecule has 0 bridgehead atoms. The summed E-state index contributed by atoms with van der Waals surface area (Å²) in [5, 5.41) is 3.54. The van der Waals surface area contributed by atoms with E-state index >= 15 is 0 Å². The van der Waals surface area contributed by atoms with Gasteiger partial charge in [-0.2, -0.15) is 0 Å². The molecule has 2 heteroatoms. The van der Waals surface area contributed by atoms with Crippen LogP contribution in [0.15, 0.2) is 35.9 Å². The third-order valence-corrected chi connectivity index (χ3v) is 3.64. The first-order chi connectivity index (χ1) is 9.17. The van der Waals surface area contributed by atoms with E-state index in [0.717, 1.165) is 30.7 Å². The average Bonchev–Trinajstić information content (AvgIpc) is 2.37. The third kappa shape index (κ3) is 4.30. The summed E-state index contributed by atoms with van der Waals surface area (Å²) >= 11 is 0. The lowest BCUT2D eigenvalue weighted by Gasteiger charge is -2.26. The van der Waals surface area contributed by atoms with Gasteiger partial charge in [0.25, 0.3) is 0 Å². The number of rotatable bonds is 5. The molecule has 1 N–H and O–H groups in total. The minimum Gasteiger partial charge on any atom is -0.494 e. The van der Waals surface area contributed by atoms with Crippen molar-refractivity contribution in [2.75, 3.05) is 18.5 Å². The van der Waals surface area contributed by atoms with E-state index in [1.54, 1.807) is 0 Å². The highest BCUT2D eigenvalue weighted by molar-refractivity contribution is 5.46. The van der Waals surface area contributed by atoms with E-state index in [0.29, 0.717) is 0 Å². The molecule has 2 nitrogen and oxygen atoms in total. The van der Waals surface area contributed by atoms with Gasteiger partial charge < -0.3 is 10.1 Å². The molecule has 2 atom stereocenters. The minimum absolute atomic E-state index is 0.721. The lowest BCUT2D eigenvalue weighted by molar-refractivity contribution is 0.340. The van der Waals surface area contributed by atoms with Crippen LogP contribution in [0, 0.1) is 11.8 Å². The molecule has 0 radical (unpaired) electrons. The second kappa shape index (κ2) is 6.65. The van der Waals surface area contributed by atoms with E-state index in [1.165, 1.54) is 24.1 Å². The highest BCUT2D eigenvalue weighted by Crippen LogP contribution is 2.28. The Balaban J connectivity index is 1.83. The van der Waals surface area contributed by atoms with Crippen LogP contribution >= 0.6 is 0 Å². The van der Waals surface area contributed by atoms with E-state index < -0.39 is 0 Å². The van der Waals surface area contributed by atoms with Gasteiger partial charge in [-0.05, 0) is 62.8 Å². The van der Waals surface area contributed by atoms with Gasteiger partial charge >= 0.3 is 0 Å². The van der Waals surface area contributed by atoms with E-state index in [1.807, 2.05) is 19.1 Å². The van der Waals surface area contributed by atoms with Gasteiger partial charge in [-0.25, -0.2) is 0 Å². The molecule has 0 heterocycles. The molecular formula is C17H25NO. The fourth-order valence-corrected chi connectivity index (χ4v) is 2.94. The van der Waals surface area contributed by atoms with Gasteiger partial charge in [-0.15, -0.1) is 0 Å². The zero-order valence-corrected chi connectivity index (χ0v) is 12.3. The molecule has 19 heavy (non-hydrogen) atoms. The SMILES string of the molecule is CCOc1ccc(NCC2CC(C)=CC(C)C2)cc1. The van der Waals surface area contributed by atoms with Gasteiger partial charge in [0.2, 0.25) is 0 Å². The number of nitrogens with one attached hydrogen (secondary N) is 1. The van der Waals surface area contributed by atoms with Crippen molar-refractivity contribution in [2.45, 2.75) is 33.6 Å². The standard InChI is InChI=1S/C17H25NO/c1-4-19-17-7-5-16(6-8-17)18-12-15-10-13(2)9-14(3)11-15/h5-9,13,15,18H,4,10-12H2,1-3H3. The molecule has 0 aromatic heterocycles. The van der Waals surface area contributed by atoms with Crippen LogP contribution in [0.1, 0.15) is 33.6 Å². The smallest absolute Gasteiger partial charge is 0.119 e. The maximum Gasteiger partial charge on any atom is 0.119 e. The van der Waals surface area contributed by atoms with Crippen molar-refractivity contribution in [3.05, 3.63) is 35.9 Å². The molecule has 0 aliphatic heterocycles. The van der Waals surface area contributed by atoms with E-state index in [-0.39, 0.29) is 0 Å². The number of hydrogen-bond acceptors (Lipinski definition) is 2. The lowest BCUT2D eigenvalue weighted by Crippen LogP contribution is -2.20. The van der Waals surface area contributed by atoms with E-state index in [4.69, 9.17) is 4.74 Å². The quantitative estimate of drug-likeness (QED) is 0.787. The Morgan fingerprint density at radius 3 is 2.63 bits per heavy atom. The topological polar surface area (TPSA) is 21.3 Å². The normalized spacial score (nSPS) is 22.8. The van der Waals surface area contributed by atoms with Crippen LogP contribution in [0.25, 0.3) is 0 Å². The fraction of sp³-hybridized carbons (Fsp3) is 0.529. The number of ether oxygens (including phenoxy) is 1. The fourth-order valence-electron chi connectivity index (χ4n) is 2.94. The van der Waals surface area contributed by atoms with Gasteiger partial charge in [0.1, 0.15) is 5.75 Å². The third-order valence-electron chi connectivity index (χ3n) is 3.64. The molecule has 2 rings (SSSR count). The second-order valence-corrected chi connectivity index (χ2v) is 5.63. The van der Waals surface area contributed by atoms with Gasteiger partial charge in [-0.3, -0.25) is 0 Å². The Labute approximate surface area is 116 Å². The van der Waals surface area contributed by atoms with Gasteiger partial charge in [0.15, 0.2) is 0 Å². The molecule has 104 valence electrons. The molecule has 0 spiro atoms. The number of hydrogen-bond donors (Lipinski definition) is 1. The zero-order valence-electron chi connectivity index (χ0n) is 12.3. The maximum absolute atomic E-state index is 5.45. The van der Waals surface area contributed by atoms with Crippen molar-refractivity contribution in [2.24, 2.45) is 11.8 Å². The molecule has 0 saturated heterocycles. The maximum atomic E-state index is 5.45. The van der Waals surface area contributed by atoms with Crippen molar-refractivity contribution >= 4 is 5.69 Å². The van der Waals surface area contributed by atoms with Crippen LogP contribution in [-0.4, -0.2) is 13.2 Å². The Bertz CT molecular complexity index is 421. The van der Waals surface area contributed by atoms with Gasteiger partial charge in [0.05, 0.1) is 6.61 Å². The second-order valence-electron chi connectivity index (χ2n) is 5.63. The summed E-state index contributed by atoms with van der Waals surface area (Å²) in [4.78, 5) is 0. The summed E-state index contributed by atoms with van der Waals surface area (Å²) in [5.74, 6) is 2.42. The number of anilines is 1. The number of benzene rings is 1. The van der Waals surface area contributed by atoms with Crippen molar-refractivity contribution in [3.63, 3.8) is 0 Å². The Kier molecular flexibility index (Phi) is 4.89. The molecular weight excluding hydrogens is 234 g/mol. The largest absolute Gasteiger partial charge is 0.494 e. The zero-order chi connectivity index (χ0) is 13.7. The summed E-state index contributed by atoms with van der Waals surface area (Å²) in [5.41, 5.74) is 2.72. The minimum atomic E-state index is 0.721. The Morgan fingerprint density at radius 1 is 1.26 bits per heavy atom. The van der Waals surface area contributed by atoms with E-state index in [2.05, 4.69) is 37.4 Å². The predicted octanol–water partition coefficient (Wildman–Crippen LogP) is 4.49. The van der Waals surface area contributed by atoms with Crippen molar-refractivity contribution in [3.8, 4) is 5.75 Å². The molecule has 2 unspecified atom stereocenters. The first kappa shape index (κ1) is 14.0. The van der Waals surface area contributed by atoms with Crippen molar-refractivity contribution in [1.82, 2.24) is 0 Å². The molecule has 0 saturated carbocycles. The Morgan fingerprint density at radius 2 is 2.00 bits per heavy atom. The van der Waals surface area contributed by atoms with Crippen LogP contribution in [0.4, 0.5) is 5.69 Å². The summed E-state index contributed by atoms with van der Waals surface area (Å²) in [7, 11) is 0. The van der Waals surface area contributed by atoms with Crippen LogP contribution in [0.3, 0.4) is 0 Å². The van der Waals surface area contributed by atoms with Crippen LogP contribution in [0.5, 0.6) is 5.75 Å². The monoisotopic (exact) mass is 259 g/mol. The molecule has 1 aliphatic carbocycles. The van der Waals surface area contributed by atoms with Gasteiger partial charge in [0, 0.05) is 12.2 Å². The highest BCUT2D eigenvalue weighted by atomic mass is 16.5. The number of allylic oxidation sites excluding steroid dienone is 2. The average molecular weight is 259 g/mol. The van der Waals surface area contributed by atoms with Crippen molar-refractivity contribution in [1.29, 1.82) is 0 Å². The van der Waals surface area contributed by atoms with Gasteiger partial charge in [-0.1, -0.05) is 18.6 Å². The summed E-state index contributed by atoms with van der Waals surface area (Å²) in [6.45, 7) is 8.35. The summed E-state index contributed by atoms with van der Waals surface area (Å²) in [6, 6.07) is 8.25. The summed E-state index contributed by atoms with van der Waals surface area (Å²) in [6.07, 6.45) is 4.93. The predicted molar refractivity (Wildman–Crippen MR) is 81.7 cm³/mol. The molecule has 1 aromatic rings. The molecule has 1 aromatic carbocycles. The molecule has 1 aliphatic rings. The Hall–Kier alpha value is -1.44. The molecule has 0 amide bonds. The van der Waals surface area contributed by atoms with E-state index in [9.17, 15) is 0 Å². The van der Waals surface area contributed by atoms with Crippen LogP contribution in [0.2, 0.25) is 0 Å². The first-order valence-electron chi connectivity index (χ1n) is 7.31. The van der Waals surface area contributed by atoms with Crippen molar-refractivity contribution < 1.29 is 4.74 Å². The van der Waals surface area contributed by atoms with Crippen LogP contribution < -0.4 is 10.1 Å². The summed E-state index contributed by atoms with van der Waals surface area (Å²) < 4.78 is 5.45. The lowest BCUT2D eigenvalue weighted by atomic mass is 9.84. The molecule has 0 fully saturated rings. The first-order valence-corrected chi connectivity index (χ1v) is 7.31. The highest BCUT2D eigenvalue weighted by Gasteiger charge is 2.17. The van der Waals surface area contributed by atoms with Crippen LogP contribution in [-0.2, 0) is 0 Å².